The Hall–Kier alpha value is -1.59. The van der Waals surface area contributed by atoms with Crippen molar-refractivity contribution >= 4 is 17.6 Å². The fraction of sp³-hybridized carbons (Fsp3) is 0.231. The summed E-state index contributed by atoms with van der Waals surface area (Å²) in [6.45, 7) is 2.08. The number of thioether (sulfide) groups is 1. The Morgan fingerprint density at radius 3 is 2.67 bits per heavy atom. The molecule has 0 aliphatic heterocycles. The van der Waals surface area contributed by atoms with Gasteiger partial charge in [-0.05, 0) is 12.0 Å². The van der Waals surface area contributed by atoms with Gasteiger partial charge >= 0.3 is 0 Å². The average molecular weight is 260 g/mol. The van der Waals surface area contributed by atoms with Crippen LogP contribution in [0.5, 0.6) is 0 Å². The van der Waals surface area contributed by atoms with Crippen molar-refractivity contribution in [3.63, 3.8) is 0 Å². The van der Waals surface area contributed by atoms with E-state index in [-0.39, 0.29) is 0 Å². The van der Waals surface area contributed by atoms with E-state index in [1.807, 2.05) is 18.2 Å². The van der Waals surface area contributed by atoms with Gasteiger partial charge < -0.3 is 5.43 Å². The third kappa shape index (κ3) is 3.00. The molecule has 0 unspecified atom stereocenters. The number of nitrogens with two attached hydrogens (primary N) is 1. The monoisotopic (exact) mass is 260 g/mol. The van der Waals surface area contributed by atoms with E-state index < -0.39 is 0 Å². The van der Waals surface area contributed by atoms with Gasteiger partial charge in [0.1, 0.15) is 17.2 Å². The quantitative estimate of drug-likeness (QED) is 0.374. The summed E-state index contributed by atoms with van der Waals surface area (Å²) in [6, 6.07) is 10.3. The summed E-state index contributed by atoms with van der Waals surface area (Å²) in [5.41, 5.74) is 4.97. The van der Waals surface area contributed by atoms with Gasteiger partial charge in [0.25, 0.3) is 0 Å². The van der Waals surface area contributed by atoms with Crippen LogP contribution in [0.4, 0.5) is 5.82 Å². The lowest BCUT2D eigenvalue weighted by molar-refractivity contribution is 0.940. The lowest BCUT2D eigenvalue weighted by atomic mass is 10.2. The molecule has 3 N–H and O–H groups in total. The molecule has 0 bridgehead atoms. The van der Waals surface area contributed by atoms with E-state index >= 15 is 0 Å². The number of anilines is 1. The zero-order chi connectivity index (χ0) is 12.8. The van der Waals surface area contributed by atoms with E-state index in [4.69, 9.17) is 5.84 Å². The van der Waals surface area contributed by atoms with Gasteiger partial charge in [0, 0.05) is 11.3 Å². The van der Waals surface area contributed by atoms with Crippen molar-refractivity contribution in [3.05, 3.63) is 47.8 Å². The predicted molar refractivity (Wildman–Crippen MR) is 75.2 cm³/mol. The van der Waals surface area contributed by atoms with Crippen LogP contribution in [-0.2, 0) is 12.2 Å². The first-order chi connectivity index (χ1) is 8.85. The fourth-order valence-electron chi connectivity index (χ4n) is 1.69. The molecule has 0 fully saturated rings. The van der Waals surface area contributed by atoms with E-state index in [9.17, 15) is 0 Å². The molecule has 4 nitrogen and oxygen atoms in total. The van der Waals surface area contributed by atoms with Crippen molar-refractivity contribution in [2.75, 3.05) is 5.43 Å². The summed E-state index contributed by atoms with van der Waals surface area (Å²) in [4.78, 5) is 8.45. The molecular weight excluding hydrogens is 244 g/mol. The molecule has 2 rings (SSSR count). The molecule has 94 valence electrons. The molecule has 0 atom stereocenters. The third-order valence-corrected chi connectivity index (χ3v) is 3.72. The summed E-state index contributed by atoms with van der Waals surface area (Å²) in [6.07, 6.45) is 2.40. The second-order valence-corrected chi connectivity index (χ2v) is 4.74. The van der Waals surface area contributed by atoms with Gasteiger partial charge in [0.2, 0.25) is 0 Å². The smallest absolute Gasteiger partial charge is 0.147 e. The number of nitrogen functional groups attached to an aromatic ring is 1. The number of hydrogen-bond donors (Lipinski definition) is 2. The zero-order valence-corrected chi connectivity index (χ0v) is 11.1. The molecule has 18 heavy (non-hydrogen) atoms. The predicted octanol–water partition coefficient (Wildman–Crippen LogP) is 2.62. The maximum absolute atomic E-state index is 5.45. The molecule has 2 aromatic rings. The summed E-state index contributed by atoms with van der Waals surface area (Å²) < 4.78 is 0. The normalized spacial score (nSPS) is 10.3. The molecule has 1 aromatic carbocycles. The van der Waals surface area contributed by atoms with Gasteiger partial charge in [0.05, 0.1) is 0 Å². The molecular formula is C13H16N4S. The van der Waals surface area contributed by atoms with Crippen molar-refractivity contribution in [3.8, 4) is 0 Å². The lowest BCUT2D eigenvalue weighted by Crippen LogP contribution is -2.12. The molecule has 0 saturated heterocycles. The summed E-state index contributed by atoms with van der Waals surface area (Å²) in [5.74, 6) is 7.06. The molecule has 0 saturated carbocycles. The van der Waals surface area contributed by atoms with E-state index in [1.165, 1.54) is 5.56 Å². The highest BCUT2D eigenvalue weighted by atomic mass is 32.2. The molecule has 1 aromatic heterocycles. The Balaban J connectivity index is 2.14. The number of benzene rings is 1. The molecule has 0 aliphatic rings. The summed E-state index contributed by atoms with van der Waals surface area (Å²) >= 11 is 1.71. The van der Waals surface area contributed by atoms with Crippen LogP contribution in [0, 0.1) is 0 Å². The first kappa shape index (κ1) is 12.9. The Bertz CT molecular complexity index is 502. The number of aromatic nitrogens is 2. The Kier molecular flexibility index (Phi) is 4.55. The number of hydrogen-bond acceptors (Lipinski definition) is 5. The number of hydrazine groups is 1. The van der Waals surface area contributed by atoms with Gasteiger partial charge in [-0.3, -0.25) is 0 Å². The van der Waals surface area contributed by atoms with Gasteiger partial charge in [-0.1, -0.05) is 37.3 Å². The van der Waals surface area contributed by atoms with Crippen molar-refractivity contribution in [1.29, 1.82) is 0 Å². The minimum Gasteiger partial charge on any atom is -0.308 e. The molecule has 0 spiro atoms. The maximum Gasteiger partial charge on any atom is 0.147 e. The Morgan fingerprint density at radius 1 is 1.22 bits per heavy atom. The molecule has 0 radical (unpaired) electrons. The van der Waals surface area contributed by atoms with Crippen molar-refractivity contribution < 1.29 is 0 Å². The zero-order valence-electron chi connectivity index (χ0n) is 10.3. The molecule has 0 amide bonds. The van der Waals surface area contributed by atoms with Crippen LogP contribution in [0.1, 0.15) is 18.1 Å². The van der Waals surface area contributed by atoms with Crippen LogP contribution >= 0.6 is 11.8 Å². The highest BCUT2D eigenvalue weighted by Gasteiger charge is 2.09. The summed E-state index contributed by atoms with van der Waals surface area (Å²) in [7, 11) is 0. The minimum atomic E-state index is 0.711. The second-order valence-electron chi connectivity index (χ2n) is 3.78. The third-order valence-electron chi connectivity index (χ3n) is 2.61. The molecule has 1 heterocycles. The van der Waals surface area contributed by atoms with E-state index in [0.717, 1.165) is 22.8 Å². The van der Waals surface area contributed by atoms with Crippen LogP contribution in [0.25, 0.3) is 0 Å². The van der Waals surface area contributed by atoms with Crippen LogP contribution in [0.3, 0.4) is 0 Å². The first-order valence-electron chi connectivity index (χ1n) is 5.82. The molecule has 0 aliphatic carbocycles. The van der Waals surface area contributed by atoms with E-state index in [2.05, 4.69) is 34.5 Å². The van der Waals surface area contributed by atoms with Crippen LogP contribution in [0.15, 0.2) is 41.7 Å². The molecule has 5 heteroatoms. The Morgan fingerprint density at radius 2 is 2.00 bits per heavy atom. The lowest BCUT2D eigenvalue weighted by Gasteiger charge is -2.10. The first-order valence-corrected chi connectivity index (χ1v) is 6.81. The van der Waals surface area contributed by atoms with E-state index in [0.29, 0.717) is 5.82 Å². The Labute approximate surface area is 111 Å². The largest absolute Gasteiger partial charge is 0.308 e. The number of nitrogens with one attached hydrogen (secondary N) is 1. The van der Waals surface area contributed by atoms with Gasteiger partial charge in [-0.25, -0.2) is 15.8 Å². The van der Waals surface area contributed by atoms with Crippen LogP contribution < -0.4 is 11.3 Å². The fourth-order valence-corrected chi connectivity index (χ4v) is 2.72. The van der Waals surface area contributed by atoms with Crippen molar-refractivity contribution in [2.45, 2.75) is 24.1 Å². The minimum absolute atomic E-state index is 0.711. The van der Waals surface area contributed by atoms with E-state index in [1.54, 1.807) is 18.1 Å². The highest BCUT2D eigenvalue weighted by molar-refractivity contribution is 7.98. The second kappa shape index (κ2) is 6.37. The van der Waals surface area contributed by atoms with Crippen LogP contribution in [-0.4, -0.2) is 9.97 Å². The topological polar surface area (TPSA) is 63.8 Å². The van der Waals surface area contributed by atoms with Crippen molar-refractivity contribution in [1.82, 2.24) is 9.97 Å². The van der Waals surface area contributed by atoms with Gasteiger partial charge in [-0.2, -0.15) is 0 Å². The van der Waals surface area contributed by atoms with Crippen molar-refractivity contribution in [2.24, 2.45) is 5.84 Å². The standard InChI is InChI=1S/C13H16N4S/c1-2-11-12(17-14)15-9-16-13(11)18-8-10-6-4-3-5-7-10/h3-7,9H,2,8,14H2,1H3,(H,15,16,17). The summed E-state index contributed by atoms with van der Waals surface area (Å²) in [5, 5.41) is 0.990. The maximum atomic E-state index is 5.45. The highest BCUT2D eigenvalue weighted by Crippen LogP contribution is 2.27. The SMILES string of the molecule is CCc1c(NN)ncnc1SCc1ccccc1. The average Bonchev–Trinajstić information content (AvgIpc) is 2.45. The number of nitrogens with zero attached hydrogens (tertiary/aromatic N) is 2. The van der Waals surface area contributed by atoms with Crippen LogP contribution in [0.2, 0.25) is 0 Å². The number of rotatable bonds is 5. The van der Waals surface area contributed by atoms with Gasteiger partial charge in [0.15, 0.2) is 0 Å². The van der Waals surface area contributed by atoms with Gasteiger partial charge in [-0.15, -0.1) is 11.8 Å².